The summed E-state index contributed by atoms with van der Waals surface area (Å²) < 4.78 is 32.4. The second-order valence-electron chi connectivity index (χ2n) is 7.17. The minimum atomic E-state index is -0.247. The molecule has 3 rings (SSSR count). The van der Waals surface area contributed by atoms with E-state index in [1.807, 2.05) is 30.4 Å². The lowest BCUT2D eigenvalue weighted by Crippen LogP contribution is -2.08. The van der Waals surface area contributed by atoms with Gasteiger partial charge in [-0.15, -0.1) is 0 Å². The Balaban J connectivity index is 2.13. The van der Waals surface area contributed by atoms with Crippen LogP contribution in [0.3, 0.4) is 0 Å². The van der Waals surface area contributed by atoms with Crippen molar-refractivity contribution in [3.63, 3.8) is 0 Å². The van der Waals surface area contributed by atoms with Crippen LogP contribution in [-0.4, -0.2) is 48.4 Å². The maximum Gasteiger partial charge on any atom is 0.197 e. The number of hydrogen-bond acceptors (Lipinski definition) is 7. The molecular weight excluding hydrogens is 436 g/mol. The summed E-state index contributed by atoms with van der Waals surface area (Å²) in [4.78, 5) is 13.7. The molecule has 0 amide bonds. The minimum Gasteiger partial charge on any atom is -0.497 e. The SMILES string of the molecule is COc1cc(OC)cc(C(=O)c2c(C=Cc3ccc(OC)c(OC)c3)cc(OC)cc2OC)c1. The Morgan fingerprint density at radius 1 is 0.588 bits per heavy atom. The van der Waals surface area contributed by atoms with E-state index in [4.69, 9.17) is 28.4 Å². The average molecular weight is 465 g/mol. The largest absolute Gasteiger partial charge is 0.497 e. The van der Waals surface area contributed by atoms with Crippen molar-refractivity contribution in [2.24, 2.45) is 0 Å². The van der Waals surface area contributed by atoms with E-state index in [1.165, 1.54) is 21.3 Å². The maximum absolute atomic E-state index is 13.7. The van der Waals surface area contributed by atoms with Crippen LogP contribution in [0, 0.1) is 0 Å². The van der Waals surface area contributed by atoms with E-state index in [9.17, 15) is 4.79 Å². The highest BCUT2D eigenvalue weighted by atomic mass is 16.5. The van der Waals surface area contributed by atoms with Crippen molar-refractivity contribution < 1.29 is 33.2 Å². The molecule has 0 aliphatic rings. The van der Waals surface area contributed by atoms with E-state index in [1.54, 1.807) is 51.7 Å². The van der Waals surface area contributed by atoms with E-state index in [-0.39, 0.29) is 5.78 Å². The summed E-state index contributed by atoms with van der Waals surface area (Å²) in [6.45, 7) is 0. The molecule has 3 aromatic rings. The van der Waals surface area contributed by atoms with E-state index in [2.05, 4.69) is 0 Å². The van der Waals surface area contributed by atoms with Crippen LogP contribution >= 0.6 is 0 Å². The van der Waals surface area contributed by atoms with Crippen LogP contribution in [0.15, 0.2) is 48.5 Å². The number of hydrogen-bond donors (Lipinski definition) is 0. The number of carbonyl (C=O) groups excluding carboxylic acids is 1. The predicted molar refractivity (Wildman–Crippen MR) is 131 cm³/mol. The summed E-state index contributed by atoms with van der Waals surface area (Å²) in [6, 6.07) is 14.1. The Morgan fingerprint density at radius 2 is 1.18 bits per heavy atom. The molecule has 0 atom stereocenters. The van der Waals surface area contributed by atoms with Crippen molar-refractivity contribution in [3.8, 4) is 34.5 Å². The highest BCUT2D eigenvalue weighted by Gasteiger charge is 2.21. The van der Waals surface area contributed by atoms with Crippen LogP contribution in [0.5, 0.6) is 34.5 Å². The van der Waals surface area contributed by atoms with Crippen LogP contribution < -0.4 is 28.4 Å². The van der Waals surface area contributed by atoms with E-state index >= 15 is 0 Å². The van der Waals surface area contributed by atoms with Crippen LogP contribution in [0.25, 0.3) is 12.2 Å². The Labute approximate surface area is 199 Å². The smallest absolute Gasteiger partial charge is 0.197 e. The Bertz CT molecular complexity index is 1180. The van der Waals surface area contributed by atoms with Crippen LogP contribution in [0.1, 0.15) is 27.0 Å². The molecule has 3 aromatic carbocycles. The first-order valence-electron chi connectivity index (χ1n) is 10.4. The molecular formula is C27H28O7. The van der Waals surface area contributed by atoms with Crippen molar-refractivity contribution in [1.82, 2.24) is 0 Å². The molecule has 0 saturated heterocycles. The fourth-order valence-electron chi connectivity index (χ4n) is 3.49. The van der Waals surface area contributed by atoms with Crippen molar-refractivity contribution in [1.29, 1.82) is 0 Å². The van der Waals surface area contributed by atoms with Gasteiger partial charge in [0.05, 0.1) is 48.2 Å². The lowest BCUT2D eigenvalue weighted by molar-refractivity contribution is 0.103. The highest BCUT2D eigenvalue weighted by molar-refractivity contribution is 6.13. The first kappa shape index (κ1) is 24.5. The van der Waals surface area contributed by atoms with Gasteiger partial charge in [-0.1, -0.05) is 18.2 Å². The number of rotatable bonds is 10. The third kappa shape index (κ3) is 5.26. The number of ether oxygens (including phenoxy) is 6. The van der Waals surface area contributed by atoms with Gasteiger partial charge in [0.1, 0.15) is 23.0 Å². The second-order valence-corrected chi connectivity index (χ2v) is 7.17. The van der Waals surface area contributed by atoms with Gasteiger partial charge >= 0.3 is 0 Å². The van der Waals surface area contributed by atoms with Gasteiger partial charge in [-0.25, -0.2) is 0 Å². The summed E-state index contributed by atoms with van der Waals surface area (Å²) in [5, 5.41) is 0. The first-order valence-corrected chi connectivity index (χ1v) is 10.4. The maximum atomic E-state index is 13.7. The van der Waals surface area contributed by atoms with Gasteiger partial charge in [-0.3, -0.25) is 4.79 Å². The molecule has 0 bridgehead atoms. The monoisotopic (exact) mass is 464 g/mol. The molecule has 178 valence electrons. The molecule has 7 nitrogen and oxygen atoms in total. The molecule has 0 N–H and O–H groups in total. The zero-order valence-corrected chi connectivity index (χ0v) is 20.1. The van der Waals surface area contributed by atoms with Gasteiger partial charge in [-0.05, 0) is 41.5 Å². The predicted octanol–water partition coefficient (Wildman–Crippen LogP) is 5.14. The molecule has 0 saturated carbocycles. The van der Waals surface area contributed by atoms with Gasteiger partial charge in [0.25, 0.3) is 0 Å². The Kier molecular flexibility index (Phi) is 8.03. The molecule has 0 unspecified atom stereocenters. The molecule has 0 radical (unpaired) electrons. The highest BCUT2D eigenvalue weighted by Crippen LogP contribution is 2.34. The minimum absolute atomic E-state index is 0.247. The number of methoxy groups -OCH3 is 6. The van der Waals surface area contributed by atoms with Crippen molar-refractivity contribution in [3.05, 3.63) is 70.8 Å². The van der Waals surface area contributed by atoms with Gasteiger partial charge in [0.2, 0.25) is 0 Å². The number of ketones is 1. The average Bonchev–Trinajstić information content (AvgIpc) is 2.90. The summed E-state index contributed by atoms with van der Waals surface area (Å²) >= 11 is 0. The number of carbonyl (C=O) groups is 1. The van der Waals surface area contributed by atoms with Crippen LogP contribution in [0.2, 0.25) is 0 Å². The second kappa shape index (κ2) is 11.1. The van der Waals surface area contributed by atoms with Gasteiger partial charge in [-0.2, -0.15) is 0 Å². The zero-order valence-electron chi connectivity index (χ0n) is 20.1. The molecule has 0 aliphatic carbocycles. The van der Waals surface area contributed by atoms with Crippen molar-refractivity contribution >= 4 is 17.9 Å². The standard InChI is InChI=1S/C27H28O7/c1-29-20-13-19(14-21(15-20)30-2)27(28)26-18(12-22(31-3)16-25(26)34-6)9-7-17-8-10-23(32-4)24(11-17)33-5/h7-16H,1-6H3. The third-order valence-electron chi connectivity index (χ3n) is 5.27. The lowest BCUT2D eigenvalue weighted by Gasteiger charge is -2.15. The molecule has 0 fully saturated rings. The van der Waals surface area contributed by atoms with Gasteiger partial charge in [0, 0.05) is 17.7 Å². The Morgan fingerprint density at radius 3 is 1.74 bits per heavy atom. The quantitative estimate of drug-likeness (QED) is 0.304. The zero-order chi connectivity index (χ0) is 24.7. The molecule has 34 heavy (non-hydrogen) atoms. The van der Waals surface area contributed by atoms with Gasteiger partial charge in [0.15, 0.2) is 17.3 Å². The fourth-order valence-corrected chi connectivity index (χ4v) is 3.49. The van der Waals surface area contributed by atoms with Crippen molar-refractivity contribution in [2.75, 3.05) is 42.7 Å². The van der Waals surface area contributed by atoms with E-state index in [0.717, 1.165) is 5.56 Å². The fraction of sp³-hybridized carbons (Fsp3) is 0.222. The first-order chi connectivity index (χ1) is 16.5. The van der Waals surface area contributed by atoms with Crippen LogP contribution in [0.4, 0.5) is 0 Å². The molecule has 0 aromatic heterocycles. The topological polar surface area (TPSA) is 72.5 Å². The van der Waals surface area contributed by atoms with Gasteiger partial charge < -0.3 is 28.4 Å². The lowest BCUT2D eigenvalue weighted by atomic mass is 9.95. The summed E-state index contributed by atoms with van der Waals surface area (Å²) in [7, 11) is 9.31. The molecule has 0 spiro atoms. The van der Waals surface area contributed by atoms with Crippen LogP contribution in [-0.2, 0) is 0 Å². The van der Waals surface area contributed by atoms with E-state index < -0.39 is 0 Å². The third-order valence-corrected chi connectivity index (χ3v) is 5.27. The van der Waals surface area contributed by atoms with Crippen molar-refractivity contribution in [2.45, 2.75) is 0 Å². The number of benzene rings is 3. The molecule has 0 heterocycles. The summed E-state index contributed by atoms with van der Waals surface area (Å²) in [5.41, 5.74) is 2.27. The normalized spacial score (nSPS) is 10.6. The summed E-state index contributed by atoms with van der Waals surface area (Å²) in [6.07, 6.45) is 3.70. The van der Waals surface area contributed by atoms with E-state index in [0.29, 0.717) is 51.2 Å². The Hall–Kier alpha value is -4.13. The molecule has 0 aliphatic heterocycles. The molecule has 7 heteroatoms. The summed E-state index contributed by atoms with van der Waals surface area (Å²) in [5.74, 6) is 2.96.